The van der Waals surface area contributed by atoms with Gasteiger partial charge in [-0.2, -0.15) is 0 Å². The molecule has 0 bridgehead atoms. The number of amides is 1. The van der Waals surface area contributed by atoms with Crippen molar-refractivity contribution < 1.29 is 9.18 Å². The molecule has 0 aliphatic carbocycles. The number of carbonyl (C=O) groups excluding carboxylic acids is 1. The monoisotopic (exact) mass is 253 g/mol. The number of carbonyl (C=O) groups is 1. The molecule has 1 aromatic carbocycles. The average Bonchev–Trinajstić information content (AvgIpc) is 2.29. The van der Waals surface area contributed by atoms with E-state index in [1.165, 1.54) is 6.07 Å². The highest BCUT2D eigenvalue weighted by atomic mass is 19.1. The SMILES string of the molecule is CC(C)N(CC(N)=O)Cc1ccc(F)c(CN)c1. The van der Waals surface area contributed by atoms with Gasteiger partial charge >= 0.3 is 0 Å². The van der Waals surface area contributed by atoms with E-state index in [1.54, 1.807) is 12.1 Å². The van der Waals surface area contributed by atoms with Crippen LogP contribution in [-0.2, 0) is 17.9 Å². The van der Waals surface area contributed by atoms with E-state index in [-0.39, 0.29) is 30.9 Å². The van der Waals surface area contributed by atoms with Crippen molar-refractivity contribution in [2.75, 3.05) is 6.54 Å². The average molecular weight is 253 g/mol. The lowest BCUT2D eigenvalue weighted by Gasteiger charge is -2.25. The Morgan fingerprint density at radius 3 is 2.61 bits per heavy atom. The molecule has 100 valence electrons. The summed E-state index contributed by atoms with van der Waals surface area (Å²) in [5.74, 6) is -0.669. The van der Waals surface area contributed by atoms with E-state index in [1.807, 2.05) is 18.7 Å². The smallest absolute Gasteiger partial charge is 0.231 e. The van der Waals surface area contributed by atoms with Gasteiger partial charge in [-0.3, -0.25) is 9.69 Å². The predicted molar refractivity (Wildman–Crippen MR) is 69.0 cm³/mol. The summed E-state index contributed by atoms with van der Waals surface area (Å²) < 4.78 is 13.3. The largest absolute Gasteiger partial charge is 0.369 e. The molecule has 0 unspecified atom stereocenters. The van der Waals surface area contributed by atoms with Crippen LogP contribution >= 0.6 is 0 Å². The molecule has 4 N–H and O–H groups in total. The highest BCUT2D eigenvalue weighted by Crippen LogP contribution is 2.13. The topological polar surface area (TPSA) is 72.3 Å². The first-order valence-electron chi connectivity index (χ1n) is 5.93. The number of hydrogen-bond donors (Lipinski definition) is 2. The summed E-state index contributed by atoms with van der Waals surface area (Å²) in [6, 6.07) is 5.01. The van der Waals surface area contributed by atoms with Crippen molar-refractivity contribution in [1.82, 2.24) is 4.90 Å². The highest BCUT2D eigenvalue weighted by molar-refractivity contribution is 5.75. The molecule has 0 aliphatic rings. The first kappa shape index (κ1) is 14.6. The van der Waals surface area contributed by atoms with Gasteiger partial charge in [-0.25, -0.2) is 4.39 Å². The van der Waals surface area contributed by atoms with Crippen LogP contribution in [0.25, 0.3) is 0 Å². The molecule has 4 nitrogen and oxygen atoms in total. The summed E-state index contributed by atoms with van der Waals surface area (Å²) >= 11 is 0. The molecular weight excluding hydrogens is 233 g/mol. The molecule has 18 heavy (non-hydrogen) atoms. The third kappa shape index (κ3) is 4.09. The summed E-state index contributed by atoms with van der Waals surface area (Å²) in [6.07, 6.45) is 0. The van der Waals surface area contributed by atoms with E-state index in [4.69, 9.17) is 11.5 Å². The van der Waals surface area contributed by atoms with Crippen molar-refractivity contribution in [3.63, 3.8) is 0 Å². The van der Waals surface area contributed by atoms with E-state index in [0.29, 0.717) is 12.1 Å². The molecule has 0 saturated carbocycles. The molecule has 0 heterocycles. The lowest BCUT2D eigenvalue weighted by molar-refractivity contribution is -0.119. The van der Waals surface area contributed by atoms with Gasteiger partial charge in [0, 0.05) is 24.7 Å². The zero-order chi connectivity index (χ0) is 13.7. The molecule has 0 fully saturated rings. The molecule has 0 spiro atoms. The van der Waals surface area contributed by atoms with Gasteiger partial charge in [-0.15, -0.1) is 0 Å². The van der Waals surface area contributed by atoms with Crippen molar-refractivity contribution in [2.24, 2.45) is 11.5 Å². The van der Waals surface area contributed by atoms with Gasteiger partial charge in [0.1, 0.15) is 5.82 Å². The van der Waals surface area contributed by atoms with Crippen LogP contribution in [0.2, 0.25) is 0 Å². The van der Waals surface area contributed by atoms with Crippen molar-refractivity contribution >= 4 is 5.91 Å². The minimum Gasteiger partial charge on any atom is -0.369 e. The number of nitrogens with two attached hydrogens (primary N) is 2. The van der Waals surface area contributed by atoms with E-state index in [9.17, 15) is 9.18 Å². The van der Waals surface area contributed by atoms with E-state index in [2.05, 4.69) is 0 Å². The fourth-order valence-corrected chi connectivity index (χ4v) is 1.74. The summed E-state index contributed by atoms with van der Waals surface area (Å²) in [5, 5.41) is 0. The third-order valence-corrected chi connectivity index (χ3v) is 2.80. The van der Waals surface area contributed by atoms with Gasteiger partial charge in [0.25, 0.3) is 0 Å². The molecule has 0 saturated heterocycles. The van der Waals surface area contributed by atoms with Crippen LogP contribution in [0.4, 0.5) is 4.39 Å². The Morgan fingerprint density at radius 2 is 2.11 bits per heavy atom. The van der Waals surface area contributed by atoms with Crippen molar-refractivity contribution in [3.8, 4) is 0 Å². The fourth-order valence-electron chi connectivity index (χ4n) is 1.74. The van der Waals surface area contributed by atoms with Crippen molar-refractivity contribution in [2.45, 2.75) is 33.0 Å². The van der Waals surface area contributed by atoms with Gasteiger partial charge in [0.05, 0.1) is 6.54 Å². The Bertz CT molecular complexity index is 421. The Kier molecular flexibility index (Phi) is 5.25. The quantitative estimate of drug-likeness (QED) is 0.793. The second-order valence-corrected chi connectivity index (χ2v) is 4.59. The molecule has 1 rings (SSSR count). The van der Waals surface area contributed by atoms with Crippen LogP contribution in [0, 0.1) is 5.82 Å². The van der Waals surface area contributed by atoms with E-state index < -0.39 is 0 Å². The summed E-state index contributed by atoms with van der Waals surface area (Å²) in [6.45, 7) is 4.87. The van der Waals surface area contributed by atoms with Crippen LogP contribution < -0.4 is 11.5 Å². The number of halogens is 1. The van der Waals surface area contributed by atoms with Gasteiger partial charge in [-0.05, 0) is 25.5 Å². The minimum atomic E-state index is -0.370. The second-order valence-electron chi connectivity index (χ2n) is 4.59. The molecule has 0 aliphatic heterocycles. The fraction of sp³-hybridized carbons (Fsp3) is 0.462. The summed E-state index contributed by atoms with van der Waals surface area (Å²) in [5.41, 5.74) is 12.1. The first-order chi connectivity index (χ1) is 8.43. The molecule has 1 amide bonds. The molecular formula is C13H20FN3O. The van der Waals surface area contributed by atoms with Crippen LogP contribution in [-0.4, -0.2) is 23.4 Å². The Labute approximate surface area is 107 Å². The number of hydrogen-bond acceptors (Lipinski definition) is 3. The molecule has 0 atom stereocenters. The van der Waals surface area contributed by atoms with Gasteiger partial charge in [-0.1, -0.05) is 12.1 Å². The molecule has 0 radical (unpaired) electrons. The standard InChI is InChI=1S/C13H20FN3O/c1-9(2)17(8-13(16)18)7-10-3-4-12(14)11(5-10)6-15/h3-5,9H,6-8,15H2,1-2H3,(H2,16,18). The number of rotatable bonds is 6. The second kappa shape index (κ2) is 6.47. The zero-order valence-electron chi connectivity index (χ0n) is 10.8. The maximum absolute atomic E-state index is 13.3. The zero-order valence-corrected chi connectivity index (χ0v) is 10.8. The summed E-state index contributed by atoms with van der Waals surface area (Å²) in [7, 11) is 0. The lowest BCUT2D eigenvalue weighted by atomic mass is 10.1. The van der Waals surface area contributed by atoms with E-state index in [0.717, 1.165) is 5.56 Å². The third-order valence-electron chi connectivity index (χ3n) is 2.80. The first-order valence-corrected chi connectivity index (χ1v) is 5.93. The normalized spacial score (nSPS) is 11.2. The maximum atomic E-state index is 13.3. The number of nitrogens with zero attached hydrogens (tertiary/aromatic N) is 1. The van der Waals surface area contributed by atoms with Gasteiger partial charge < -0.3 is 11.5 Å². The predicted octanol–water partition coefficient (Wildman–Crippen LogP) is 0.980. The van der Waals surface area contributed by atoms with Gasteiger partial charge in [0.2, 0.25) is 5.91 Å². The van der Waals surface area contributed by atoms with Gasteiger partial charge in [0.15, 0.2) is 0 Å². The van der Waals surface area contributed by atoms with Crippen molar-refractivity contribution in [3.05, 3.63) is 35.1 Å². The van der Waals surface area contributed by atoms with E-state index >= 15 is 0 Å². The minimum absolute atomic E-state index is 0.164. The summed E-state index contributed by atoms with van der Waals surface area (Å²) in [4.78, 5) is 12.9. The lowest BCUT2D eigenvalue weighted by Crippen LogP contribution is -2.38. The van der Waals surface area contributed by atoms with Crippen LogP contribution in [0.15, 0.2) is 18.2 Å². The maximum Gasteiger partial charge on any atom is 0.231 e. The number of benzene rings is 1. The molecule has 1 aromatic rings. The molecule has 0 aromatic heterocycles. The Balaban J connectivity index is 2.83. The highest BCUT2D eigenvalue weighted by Gasteiger charge is 2.13. The van der Waals surface area contributed by atoms with Crippen LogP contribution in [0.1, 0.15) is 25.0 Å². The van der Waals surface area contributed by atoms with Crippen LogP contribution in [0.3, 0.4) is 0 Å². The van der Waals surface area contributed by atoms with Crippen LogP contribution in [0.5, 0.6) is 0 Å². The van der Waals surface area contributed by atoms with Crippen molar-refractivity contribution in [1.29, 1.82) is 0 Å². The Hall–Kier alpha value is -1.46. The Morgan fingerprint density at radius 1 is 1.44 bits per heavy atom. The number of primary amides is 1. The molecule has 5 heteroatoms.